The molecular weight excluding hydrogens is 310 g/mol. The molecular formula is C13H14BrN3O2. The number of nitrogens with two attached hydrogens (primary N) is 1. The summed E-state index contributed by atoms with van der Waals surface area (Å²) in [6.45, 7) is 0. The summed E-state index contributed by atoms with van der Waals surface area (Å²) >= 11 is 3.42. The molecule has 0 bridgehead atoms. The number of benzene rings is 1. The lowest BCUT2D eigenvalue weighted by molar-refractivity contribution is 0.0993. The van der Waals surface area contributed by atoms with Gasteiger partial charge in [-0.05, 0) is 23.8 Å². The first-order chi connectivity index (χ1) is 9.02. The fourth-order valence-electron chi connectivity index (χ4n) is 1.74. The second kappa shape index (κ2) is 5.44. The standard InChI is InChI=1S/C13H14BrN3O2/c1-17-13(15)10(7-16-17)12(18)6-8-5-9(19-2)3-4-11(8)14/h3-5,7H,6,15H2,1-2H3. The zero-order valence-corrected chi connectivity index (χ0v) is 12.3. The van der Waals surface area contributed by atoms with E-state index in [1.807, 2.05) is 18.2 Å². The predicted molar refractivity (Wildman–Crippen MR) is 76.3 cm³/mol. The smallest absolute Gasteiger partial charge is 0.172 e. The number of Topliss-reactive ketones (excluding diaryl/α,β-unsaturated/α-hetero) is 1. The van der Waals surface area contributed by atoms with Gasteiger partial charge in [0.05, 0.1) is 18.9 Å². The van der Waals surface area contributed by atoms with Gasteiger partial charge in [0.1, 0.15) is 11.6 Å². The van der Waals surface area contributed by atoms with E-state index in [0.29, 0.717) is 17.1 Å². The Hall–Kier alpha value is -1.82. The predicted octanol–water partition coefficient (Wildman–Crippen LogP) is 2.20. The van der Waals surface area contributed by atoms with E-state index in [1.165, 1.54) is 10.9 Å². The van der Waals surface area contributed by atoms with Gasteiger partial charge in [-0.1, -0.05) is 15.9 Å². The summed E-state index contributed by atoms with van der Waals surface area (Å²) in [5, 5.41) is 3.97. The highest BCUT2D eigenvalue weighted by atomic mass is 79.9. The van der Waals surface area contributed by atoms with Gasteiger partial charge in [-0.25, -0.2) is 0 Å². The van der Waals surface area contributed by atoms with E-state index in [9.17, 15) is 4.79 Å². The molecule has 0 aliphatic heterocycles. The number of aryl methyl sites for hydroxylation is 1. The Kier molecular flexibility index (Phi) is 3.90. The molecule has 2 aromatic rings. The quantitative estimate of drug-likeness (QED) is 0.876. The summed E-state index contributed by atoms with van der Waals surface area (Å²) in [6.07, 6.45) is 1.74. The number of rotatable bonds is 4. The first kappa shape index (κ1) is 13.6. The highest BCUT2D eigenvalue weighted by molar-refractivity contribution is 9.10. The van der Waals surface area contributed by atoms with Gasteiger partial charge < -0.3 is 10.5 Å². The van der Waals surface area contributed by atoms with Gasteiger partial charge in [0.25, 0.3) is 0 Å². The van der Waals surface area contributed by atoms with Crippen molar-refractivity contribution in [1.29, 1.82) is 0 Å². The molecule has 1 aromatic carbocycles. The van der Waals surface area contributed by atoms with E-state index in [-0.39, 0.29) is 12.2 Å². The summed E-state index contributed by atoms with van der Waals surface area (Å²) in [5.41, 5.74) is 7.09. The number of aromatic nitrogens is 2. The Labute approximate surface area is 119 Å². The van der Waals surface area contributed by atoms with E-state index in [2.05, 4.69) is 21.0 Å². The van der Waals surface area contributed by atoms with E-state index in [1.54, 1.807) is 14.2 Å². The van der Waals surface area contributed by atoms with Crippen molar-refractivity contribution in [1.82, 2.24) is 9.78 Å². The van der Waals surface area contributed by atoms with Crippen LogP contribution < -0.4 is 10.5 Å². The highest BCUT2D eigenvalue weighted by Crippen LogP contribution is 2.24. The number of nitrogens with zero attached hydrogens (tertiary/aromatic N) is 2. The van der Waals surface area contributed by atoms with Crippen LogP contribution in [-0.2, 0) is 13.5 Å². The van der Waals surface area contributed by atoms with Crippen molar-refractivity contribution < 1.29 is 9.53 Å². The number of carbonyl (C=O) groups excluding carboxylic acids is 1. The zero-order chi connectivity index (χ0) is 14.0. The number of hydrogen-bond acceptors (Lipinski definition) is 4. The minimum atomic E-state index is -0.0699. The third kappa shape index (κ3) is 2.78. The summed E-state index contributed by atoms with van der Waals surface area (Å²) in [4.78, 5) is 12.2. The summed E-state index contributed by atoms with van der Waals surface area (Å²) in [7, 11) is 3.29. The molecule has 0 saturated heterocycles. The van der Waals surface area contributed by atoms with Crippen LogP contribution in [0.25, 0.3) is 0 Å². The molecule has 100 valence electrons. The maximum absolute atomic E-state index is 12.2. The molecule has 0 fully saturated rings. The van der Waals surface area contributed by atoms with E-state index in [4.69, 9.17) is 10.5 Å². The van der Waals surface area contributed by atoms with E-state index >= 15 is 0 Å². The molecule has 0 aliphatic carbocycles. The number of ketones is 1. The van der Waals surface area contributed by atoms with E-state index in [0.717, 1.165) is 10.0 Å². The number of methoxy groups -OCH3 is 1. The molecule has 5 nitrogen and oxygen atoms in total. The number of carbonyl (C=O) groups is 1. The maximum Gasteiger partial charge on any atom is 0.172 e. The van der Waals surface area contributed by atoms with Crippen LogP contribution in [0.15, 0.2) is 28.9 Å². The van der Waals surface area contributed by atoms with Crippen molar-refractivity contribution in [2.45, 2.75) is 6.42 Å². The highest BCUT2D eigenvalue weighted by Gasteiger charge is 2.15. The average molecular weight is 324 g/mol. The van der Waals surface area contributed by atoms with Crippen molar-refractivity contribution >= 4 is 27.5 Å². The van der Waals surface area contributed by atoms with Crippen LogP contribution in [-0.4, -0.2) is 22.7 Å². The van der Waals surface area contributed by atoms with Gasteiger partial charge in [0.15, 0.2) is 5.78 Å². The molecule has 19 heavy (non-hydrogen) atoms. The van der Waals surface area contributed by atoms with Crippen molar-refractivity contribution in [2.24, 2.45) is 7.05 Å². The zero-order valence-electron chi connectivity index (χ0n) is 10.7. The largest absolute Gasteiger partial charge is 0.497 e. The van der Waals surface area contributed by atoms with Gasteiger partial charge in [-0.3, -0.25) is 9.48 Å². The van der Waals surface area contributed by atoms with Gasteiger partial charge in [-0.2, -0.15) is 5.10 Å². The molecule has 2 N–H and O–H groups in total. The fraction of sp³-hybridized carbons (Fsp3) is 0.231. The number of hydrogen-bond donors (Lipinski definition) is 1. The lowest BCUT2D eigenvalue weighted by Gasteiger charge is -2.06. The van der Waals surface area contributed by atoms with Crippen molar-refractivity contribution in [3.63, 3.8) is 0 Å². The molecule has 1 heterocycles. The van der Waals surface area contributed by atoms with Crippen LogP contribution in [0.3, 0.4) is 0 Å². The van der Waals surface area contributed by atoms with Crippen LogP contribution in [0.4, 0.5) is 5.82 Å². The van der Waals surface area contributed by atoms with Gasteiger partial charge >= 0.3 is 0 Å². The van der Waals surface area contributed by atoms with Gasteiger partial charge in [-0.15, -0.1) is 0 Å². The molecule has 0 aliphatic rings. The minimum Gasteiger partial charge on any atom is -0.497 e. The van der Waals surface area contributed by atoms with Crippen LogP contribution in [0.5, 0.6) is 5.75 Å². The Morgan fingerprint density at radius 2 is 2.26 bits per heavy atom. The van der Waals surface area contributed by atoms with Crippen molar-refractivity contribution in [3.8, 4) is 5.75 Å². The molecule has 2 rings (SSSR count). The first-order valence-electron chi connectivity index (χ1n) is 5.66. The van der Waals surface area contributed by atoms with Crippen LogP contribution >= 0.6 is 15.9 Å². The summed E-state index contributed by atoms with van der Waals surface area (Å²) in [6, 6.07) is 5.51. The van der Waals surface area contributed by atoms with E-state index < -0.39 is 0 Å². The summed E-state index contributed by atoms with van der Waals surface area (Å²) in [5.74, 6) is 1.02. The molecule has 0 atom stereocenters. The number of halogens is 1. The Morgan fingerprint density at radius 1 is 1.53 bits per heavy atom. The fourth-order valence-corrected chi connectivity index (χ4v) is 2.13. The SMILES string of the molecule is COc1ccc(Br)c(CC(=O)c2cnn(C)c2N)c1. The Morgan fingerprint density at radius 3 is 2.84 bits per heavy atom. The lowest BCUT2D eigenvalue weighted by atomic mass is 10.0. The third-order valence-electron chi connectivity index (χ3n) is 2.89. The molecule has 0 saturated carbocycles. The molecule has 0 unspecified atom stereocenters. The van der Waals surface area contributed by atoms with Crippen LogP contribution in [0.1, 0.15) is 15.9 Å². The molecule has 6 heteroatoms. The first-order valence-corrected chi connectivity index (χ1v) is 6.45. The molecule has 1 aromatic heterocycles. The minimum absolute atomic E-state index is 0.0699. The Balaban J connectivity index is 2.26. The molecule has 0 radical (unpaired) electrons. The number of nitrogen functional groups attached to an aromatic ring is 1. The van der Waals surface area contributed by atoms with Gasteiger partial charge in [0.2, 0.25) is 0 Å². The summed E-state index contributed by atoms with van der Waals surface area (Å²) < 4.78 is 7.50. The second-order valence-corrected chi connectivity index (χ2v) is 4.98. The maximum atomic E-state index is 12.2. The molecule has 0 spiro atoms. The topological polar surface area (TPSA) is 70.1 Å². The van der Waals surface area contributed by atoms with Gasteiger partial charge in [0, 0.05) is 17.9 Å². The lowest BCUT2D eigenvalue weighted by Crippen LogP contribution is -2.08. The normalized spacial score (nSPS) is 10.5. The number of ether oxygens (including phenoxy) is 1. The van der Waals surface area contributed by atoms with Crippen LogP contribution in [0, 0.1) is 0 Å². The van der Waals surface area contributed by atoms with Crippen molar-refractivity contribution in [2.75, 3.05) is 12.8 Å². The number of anilines is 1. The Bertz CT molecular complexity index is 622. The van der Waals surface area contributed by atoms with Crippen molar-refractivity contribution in [3.05, 3.63) is 40.0 Å². The molecule has 0 amide bonds. The third-order valence-corrected chi connectivity index (χ3v) is 3.66. The van der Waals surface area contributed by atoms with Crippen LogP contribution in [0.2, 0.25) is 0 Å². The average Bonchev–Trinajstić information content (AvgIpc) is 2.73. The second-order valence-electron chi connectivity index (χ2n) is 4.12. The monoisotopic (exact) mass is 323 g/mol.